The Morgan fingerprint density at radius 2 is 1.69 bits per heavy atom. The summed E-state index contributed by atoms with van der Waals surface area (Å²) in [5, 5.41) is 3.83. The van der Waals surface area contributed by atoms with Crippen molar-refractivity contribution >= 4 is 16.8 Å². The van der Waals surface area contributed by atoms with E-state index in [1.54, 1.807) is 6.07 Å². The van der Waals surface area contributed by atoms with Gasteiger partial charge in [0.15, 0.2) is 0 Å². The second-order valence-corrected chi connectivity index (χ2v) is 7.85. The number of para-hydroxylation sites is 1. The lowest BCUT2D eigenvalue weighted by Gasteiger charge is -2.19. The number of benzene rings is 3. The molecule has 0 bridgehead atoms. The molecule has 4 rings (SSSR count). The highest BCUT2D eigenvalue weighted by Crippen LogP contribution is 2.37. The van der Waals surface area contributed by atoms with Crippen molar-refractivity contribution in [2.24, 2.45) is 7.05 Å². The lowest BCUT2D eigenvalue weighted by atomic mass is 9.87. The van der Waals surface area contributed by atoms with Gasteiger partial charge in [0.1, 0.15) is 0 Å². The number of fused-ring (bicyclic) bond motifs is 1. The van der Waals surface area contributed by atoms with Crippen LogP contribution in [0.3, 0.4) is 0 Å². The molecule has 3 aromatic carbocycles. The number of hydrogen-bond donors (Lipinski definition) is 1. The summed E-state index contributed by atoms with van der Waals surface area (Å²) in [7, 11) is 1.89. The van der Waals surface area contributed by atoms with Gasteiger partial charge in [0, 0.05) is 43.0 Å². The monoisotopic (exact) mass is 436 g/mol. The van der Waals surface area contributed by atoms with E-state index in [0.29, 0.717) is 12.1 Å². The van der Waals surface area contributed by atoms with E-state index in [1.807, 2.05) is 72.4 Å². The van der Waals surface area contributed by atoms with Crippen LogP contribution in [0.2, 0.25) is 0 Å². The van der Waals surface area contributed by atoms with Gasteiger partial charge >= 0.3 is 6.18 Å². The van der Waals surface area contributed by atoms with Gasteiger partial charge in [0.25, 0.3) is 0 Å². The third-order valence-corrected chi connectivity index (χ3v) is 5.64. The quantitative estimate of drug-likeness (QED) is 0.393. The average molecular weight is 436 g/mol. The molecule has 3 nitrogen and oxygen atoms in total. The smallest absolute Gasteiger partial charge is 0.352 e. The van der Waals surface area contributed by atoms with Gasteiger partial charge in [-0.3, -0.25) is 4.79 Å². The van der Waals surface area contributed by atoms with Gasteiger partial charge in [-0.1, -0.05) is 66.7 Å². The molecule has 6 heteroatoms. The van der Waals surface area contributed by atoms with E-state index in [2.05, 4.69) is 5.32 Å². The Morgan fingerprint density at radius 3 is 2.44 bits per heavy atom. The minimum Gasteiger partial charge on any atom is -0.352 e. The van der Waals surface area contributed by atoms with Crippen LogP contribution in [0.1, 0.15) is 34.6 Å². The van der Waals surface area contributed by atoms with Crippen LogP contribution in [-0.2, 0) is 24.6 Å². The average Bonchev–Trinajstić information content (AvgIpc) is 3.13. The van der Waals surface area contributed by atoms with Crippen LogP contribution < -0.4 is 5.32 Å². The molecule has 32 heavy (non-hydrogen) atoms. The first kappa shape index (κ1) is 21.7. The summed E-state index contributed by atoms with van der Waals surface area (Å²) in [6.45, 7) is 0.366. The zero-order chi connectivity index (χ0) is 22.7. The maximum atomic E-state index is 13.4. The fourth-order valence-electron chi connectivity index (χ4n) is 4.04. The zero-order valence-electron chi connectivity index (χ0n) is 17.6. The van der Waals surface area contributed by atoms with Gasteiger partial charge in [-0.2, -0.15) is 13.2 Å². The minimum atomic E-state index is -4.45. The molecule has 1 aromatic heterocycles. The molecule has 0 saturated carbocycles. The first-order valence-corrected chi connectivity index (χ1v) is 10.3. The Hall–Kier alpha value is -3.54. The molecule has 1 amide bonds. The maximum absolute atomic E-state index is 13.4. The fraction of sp³-hybridized carbons (Fsp3) is 0.192. The van der Waals surface area contributed by atoms with E-state index in [1.165, 1.54) is 6.07 Å². The largest absolute Gasteiger partial charge is 0.416 e. The van der Waals surface area contributed by atoms with E-state index >= 15 is 0 Å². The topological polar surface area (TPSA) is 34.0 Å². The van der Waals surface area contributed by atoms with Crippen LogP contribution in [0.25, 0.3) is 10.9 Å². The highest BCUT2D eigenvalue weighted by molar-refractivity contribution is 5.86. The Bertz CT molecular complexity index is 1230. The molecular formula is C26H23F3N2O. The van der Waals surface area contributed by atoms with Gasteiger partial charge in [0.05, 0.1) is 5.56 Å². The highest BCUT2D eigenvalue weighted by Gasteiger charge is 2.32. The van der Waals surface area contributed by atoms with Crippen molar-refractivity contribution in [1.82, 2.24) is 9.88 Å². The number of halogens is 3. The highest BCUT2D eigenvalue weighted by atomic mass is 19.4. The summed E-state index contributed by atoms with van der Waals surface area (Å²) < 4.78 is 42.1. The molecule has 1 N–H and O–H groups in total. The number of alkyl halides is 3. The number of carbonyl (C=O) groups is 1. The Kier molecular flexibility index (Phi) is 6.04. The standard InChI is InChI=1S/C26H23F3N2O/c1-31-17-23(21-12-5-6-13-24(21)31)22(19-10-7-11-20(14-19)26(27,28)29)15-25(32)30-16-18-8-3-2-4-9-18/h2-14,17,22H,15-16H2,1H3,(H,30,32)/t22-/m1/s1. The molecule has 0 aliphatic carbocycles. The SMILES string of the molecule is Cn1cc([C@H](CC(=O)NCc2ccccc2)c2cccc(C(F)(F)F)c2)c2ccccc21. The molecule has 1 atom stereocenters. The summed E-state index contributed by atoms with van der Waals surface area (Å²) in [6, 6.07) is 22.5. The number of aryl methyl sites for hydroxylation is 1. The molecule has 0 fully saturated rings. The number of aromatic nitrogens is 1. The molecule has 0 aliphatic rings. The summed E-state index contributed by atoms with van der Waals surface area (Å²) in [5.41, 5.74) is 2.50. The summed E-state index contributed by atoms with van der Waals surface area (Å²) in [4.78, 5) is 12.9. The molecule has 1 heterocycles. The number of nitrogens with zero attached hydrogens (tertiary/aromatic N) is 1. The van der Waals surface area contributed by atoms with Crippen molar-refractivity contribution in [3.05, 3.63) is 107 Å². The number of carbonyl (C=O) groups excluding carboxylic acids is 1. The van der Waals surface area contributed by atoms with Crippen LogP contribution in [0.4, 0.5) is 13.2 Å². The van der Waals surface area contributed by atoms with E-state index in [4.69, 9.17) is 0 Å². The molecule has 0 aliphatic heterocycles. The Balaban J connectivity index is 1.69. The third kappa shape index (κ3) is 4.69. The van der Waals surface area contributed by atoms with Crippen molar-refractivity contribution in [2.75, 3.05) is 0 Å². The zero-order valence-corrected chi connectivity index (χ0v) is 17.6. The molecule has 164 valence electrons. The van der Waals surface area contributed by atoms with E-state index in [0.717, 1.165) is 34.2 Å². The number of hydrogen-bond acceptors (Lipinski definition) is 1. The first-order chi connectivity index (χ1) is 15.3. The van der Waals surface area contributed by atoms with E-state index in [9.17, 15) is 18.0 Å². The lowest BCUT2D eigenvalue weighted by molar-refractivity contribution is -0.137. The summed E-state index contributed by atoms with van der Waals surface area (Å²) in [5.74, 6) is -0.733. The third-order valence-electron chi connectivity index (χ3n) is 5.64. The maximum Gasteiger partial charge on any atom is 0.416 e. The Morgan fingerprint density at radius 1 is 0.969 bits per heavy atom. The fourth-order valence-corrected chi connectivity index (χ4v) is 4.04. The predicted octanol–water partition coefficient (Wildman–Crippen LogP) is 6.04. The van der Waals surface area contributed by atoms with Gasteiger partial charge in [-0.25, -0.2) is 0 Å². The van der Waals surface area contributed by atoms with Gasteiger partial charge < -0.3 is 9.88 Å². The molecule has 0 unspecified atom stereocenters. The van der Waals surface area contributed by atoms with Crippen molar-refractivity contribution in [1.29, 1.82) is 0 Å². The molecule has 0 radical (unpaired) electrons. The van der Waals surface area contributed by atoms with Crippen LogP contribution in [0.5, 0.6) is 0 Å². The molecule has 0 saturated heterocycles. The molecule has 4 aromatic rings. The van der Waals surface area contributed by atoms with Crippen molar-refractivity contribution in [3.8, 4) is 0 Å². The predicted molar refractivity (Wildman–Crippen MR) is 119 cm³/mol. The summed E-state index contributed by atoms with van der Waals surface area (Å²) >= 11 is 0. The van der Waals surface area contributed by atoms with Crippen LogP contribution >= 0.6 is 0 Å². The van der Waals surface area contributed by atoms with Crippen LogP contribution in [0, 0.1) is 0 Å². The normalized spacial score (nSPS) is 12.6. The molecular weight excluding hydrogens is 413 g/mol. The van der Waals surface area contributed by atoms with Crippen molar-refractivity contribution in [2.45, 2.75) is 25.1 Å². The van der Waals surface area contributed by atoms with Crippen LogP contribution in [-0.4, -0.2) is 10.5 Å². The second-order valence-electron chi connectivity index (χ2n) is 7.85. The first-order valence-electron chi connectivity index (χ1n) is 10.3. The minimum absolute atomic E-state index is 0.0438. The van der Waals surface area contributed by atoms with E-state index in [-0.39, 0.29) is 12.3 Å². The number of rotatable bonds is 6. The number of nitrogens with one attached hydrogen (secondary N) is 1. The van der Waals surface area contributed by atoms with Crippen molar-refractivity contribution < 1.29 is 18.0 Å². The van der Waals surface area contributed by atoms with Gasteiger partial charge in [-0.15, -0.1) is 0 Å². The van der Waals surface area contributed by atoms with Crippen LogP contribution in [0.15, 0.2) is 85.1 Å². The van der Waals surface area contributed by atoms with E-state index < -0.39 is 17.7 Å². The Labute approximate surface area is 184 Å². The summed E-state index contributed by atoms with van der Waals surface area (Å²) in [6.07, 6.45) is -2.50. The van der Waals surface area contributed by atoms with Gasteiger partial charge in [0.2, 0.25) is 5.91 Å². The van der Waals surface area contributed by atoms with Crippen molar-refractivity contribution in [3.63, 3.8) is 0 Å². The number of amides is 1. The lowest BCUT2D eigenvalue weighted by Crippen LogP contribution is -2.25. The molecule has 0 spiro atoms. The van der Waals surface area contributed by atoms with Gasteiger partial charge in [-0.05, 0) is 28.8 Å². The second kappa shape index (κ2) is 8.91.